The Morgan fingerprint density at radius 3 is 1.26 bits per heavy atom. The first-order valence-electron chi connectivity index (χ1n) is 13.7. The first-order valence-corrected chi connectivity index (χ1v) is 19.5. The van der Waals surface area contributed by atoms with Crippen molar-refractivity contribution in [3.05, 3.63) is 97.1 Å². The Bertz CT molecular complexity index is 2030. The second-order valence-electron chi connectivity index (χ2n) is 12.1. The van der Waals surface area contributed by atoms with Gasteiger partial charge in [-0.15, -0.1) is 0 Å². The normalized spacial score (nSPS) is 16.3. The first kappa shape index (κ1) is 21.1. The second kappa shape index (κ2) is 6.58. The highest BCUT2D eigenvalue weighted by molar-refractivity contribution is 6.93. The van der Waals surface area contributed by atoms with E-state index in [9.17, 15) is 0 Å². The average Bonchev–Trinajstić information content (AvgIpc) is 3.46. The molecule has 0 radical (unpaired) electrons. The van der Waals surface area contributed by atoms with Crippen LogP contribution in [0.2, 0.25) is 26.2 Å². The molecule has 2 aliphatic heterocycles. The van der Waals surface area contributed by atoms with Gasteiger partial charge >= 0.3 is 0 Å². The van der Waals surface area contributed by atoms with E-state index in [0.717, 1.165) is 0 Å². The van der Waals surface area contributed by atoms with Crippen LogP contribution >= 0.6 is 0 Å². The molecule has 4 heteroatoms. The minimum absolute atomic E-state index is 1.38. The lowest BCUT2D eigenvalue weighted by molar-refractivity contribution is 1.25. The summed E-state index contributed by atoms with van der Waals surface area (Å²) in [6.45, 7) is 10.1. The summed E-state index contributed by atoms with van der Waals surface area (Å²) >= 11 is 0. The Kier molecular flexibility index (Phi) is 3.65. The molecule has 2 aromatic heterocycles. The molecule has 0 spiro atoms. The van der Waals surface area contributed by atoms with Gasteiger partial charge in [0.15, 0.2) is 16.5 Å². The van der Waals surface area contributed by atoms with Crippen LogP contribution in [0, 0.1) is 0 Å². The monoisotopic (exact) mass is 520 g/mol. The van der Waals surface area contributed by atoms with Crippen molar-refractivity contribution in [1.82, 2.24) is 8.47 Å². The molecule has 38 heavy (non-hydrogen) atoms. The standard InChI is InChI=1S/C34H28N2Si2/c1-37(2)27-19-11-7-15-23(27)31-30-22-14-6-10-18-26(22)36-34(30)32(24-16-8-12-20-28(24)38(36,3)4)29-21-13-5-9-17-25(21)35(37)33(29)31/h5-20H,1-4H3. The fraction of sp³-hybridized carbons (Fsp3) is 0.118. The molecule has 2 nitrogen and oxygen atoms in total. The van der Waals surface area contributed by atoms with E-state index in [-0.39, 0.29) is 0 Å². The lowest BCUT2D eigenvalue weighted by atomic mass is 9.90. The third-order valence-corrected chi connectivity index (χ3v) is 16.2. The van der Waals surface area contributed by atoms with Crippen LogP contribution in [0.3, 0.4) is 0 Å². The van der Waals surface area contributed by atoms with Crippen LogP contribution in [0.25, 0.3) is 65.9 Å². The van der Waals surface area contributed by atoms with E-state index in [4.69, 9.17) is 0 Å². The molecule has 0 unspecified atom stereocenters. The van der Waals surface area contributed by atoms with Gasteiger partial charge in [0.25, 0.3) is 0 Å². The third-order valence-electron chi connectivity index (χ3n) is 9.55. The highest BCUT2D eigenvalue weighted by Crippen LogP contribution is 2.54. The van der Waals surface area contributed by atoms with Crippen molar-refractivity contribution < 1.29 is 0 Å². The number of para-hydroxylation sites is 2. The summed E-state index contributed by atoms with van der Waals surface area (Å²) < 4.78 is 5.58. The van der Waals surface area contributed by atoms with Crippen LogP contribution in [-0.4, -0.2) is 24.9 Å². The van der Waals surface area contributed by atoms with E-state index in [1.807, 2.05) is 0 Å². The van der Waals surface area contributed by atoms with E-state index in [0.29, 0.717) is 0 Å². The van der Waals surface area contributed by atoms with Crippen LogP contribution in [0.15, 0.2) is 97.1 Å². The summed E-state index contributed by atoms with van der Waals surface area (Å²) in [5, 5.41) is 8.74. The van der Waals surface area contributed by atoms with Gasteiger partial charge < -0.3 is 8.47 Å². The molecular formula is C34H28N2Si2. The molecule has 0 atom stereocenters. The molecule has 0 saturated carbocycles. The molecule has 0 bridgehead atoms. The lowest BCUT2D eigenvalue weighted by Gasteiger charge is -2.37. The predicted octanol–water partition coefficient (Wildman–Crippen LogP) is 7.78. The summed E-state index contributed by atoms with van der Waals surface area (Å²) in [5.74, 6) is 0. The quantitative estimate of drug-likeness (QED) is 0.181. The molecule has 7 aromatic rings. The number of benzene rings is 5. The zero-order chi connectivity index (χ0) is 25.6. The summed E-state index contributed by atoms with van der Waals surface area (Å²) in [5.41, 5.74) is 11.4. The van der Waals surface area contributed by atoms with Crippen molar-refractivity contribution in [2.24, 2.45) is 0 Å². The smallest absolute Gasteiger partial charge is 0.188 e. The van der Waals surface area contributed by atoms with Gasteiger partial charge in [-0.2, -0.15) is 0 Å². The zero-order valence-corrected chi connectivity index (χ0v) is 24.1. The SMILES string of the molecule is C[Si]1(C)c2ccccc2-c2c3c4ccccc4n4c3c(c3c5ccccc5n1c23)-c1ccccc1[Si]4(C)C. The Morgan fingerprint density at radius 2 is 0.816 bits per heavy atom. The number of hydrogen-bond acceptors (Lipinski definition) is 0. The molecule has 0 fully saturated rings. The van der Waals surface area contributed by atoms with Gasteiger partial charge in [-0.1, -0.05) is 84.9 Å². The van der Waals surface area contributed by atoms with Gasteiger partial charge in [0, 0.05) is 43.7 Å². The lowest BCUT2D eigenvalue weighted by Crippen LogP contribution is -2.52. The number of hydrogen-bond donors (Lipinski definition) is 0. The topological polar surface area (TPSA) is 9.86 Å². The van der Waals surface area contributed by atoms with Gasteiger partial charge in [-0.05, 0) is 59.8 Å². The Labute approximate surface area is 223 Å². The van der Waals surface area contributed by atoms with Crippen molar-refractivity contribution in [3.8, 4) is 22.3 Å². The zero-order valence-electron chi connectivity index (χ0n) is 22.1. The summed E-state index contributed by atoms with van der Waals surface area (Å²) in [4.78, 5) is 0. The molecule has 0 saturated heterocycles. The van der Waals surface area contributed by atoms with Gasteiger partial charge in [0.05, 0.1) is 11.0 Å². The molecule has 0 amide bonds. The summed E-state index contributed by atoms with van der Waals surface area (Å²) in [6.07, 6.45) is 0. The van der Waals surface area contributed by atoms with Gasteiger partial charge in [-0.25, -0.2) is 0 Å². The van der Waals surface area contributed by atoms with Crippen LogP contribution in [0.1, 0.15) is 0 Å². The highest BCUT2D eigenvalue weighted by atomic mass is 28.3. The van der Waals surface area contributed by atoms with Crippen molar-refractivity contribution in [1.29, 1.82) is 0 Å². The minimum Gasteiger partial charge on any atom is -0.363 e. The van der Waals surface area contributed by atoms with E-state index in [1.165, 1.54) is 76.2 Å². The molecule has 0 aliphatic carbocycles. The fourth-order valence-electron chi connectivity index (χ4n) is 8.09. The summed E-state index contributed by atoms with van der Waals surface area (Å²) in [7, 11) is -4.08. The number of aromatic nitrogens is 2. The van der Waals surface area contributed by atoms with Gasteiger partial charge in [-0.3, -0.25) is 0 Å². The van der Waals surface area contributed by atoms with Gasteiger partial charge in [0.2, 0.25) is 0 Å². The minimum atomic E-state index is -2.04. The summed E-state index contributed by atoms with van der Waals surface area (Å²) in [6, 6.07) is 36.9. The van der Waals surface area contributed by atoms with Crippen molar-refractivity contribution in [2.45, 2.75) is 26.2 Å². The maximum absolute atomic E-state index is 2.79. The molecule has 2 aliphatic rings. The van der Waals surface area contributed by atoms with Crippen molar-refractivity contribution in [2.75, 3.05) is 0 Å². The second-order valence-corrected chi connectivity index (χ2v) is 20.3. The molecule has 4 heterocycles. The number of fused-ring (bicyclic) bond motifs is 12. The van der Waals surface area contributed by atoms with E-state index in [2.05, 4.69) is 132 Å². The maximum Gasteiger partial charge on any atom is 0.188 e. The Balaban J connectivity index is 1.73. The Hall–Kier alpha value is -3.87. The van der Waals surface area contributed by atoms with E-state index < -0.39 is 16.5 Å². The molecule has 9 rings (SSSR count). The molecule has 0 N–H and O–H groups in total. The van der Waals surface area contributed by atoms with Crippen LogP contribution in [-0.2, 0) is 0 Å². The Morgan fingerprint density at radius 1 is 0.447 bits per heavy atom. The maximum atomic E-state index is 2.79. The fourth-order valence-corrected chi connectivity index (χ4v) is 14.5. The third kappa shape index (κ3) is 2.16. The predicted molar refractivity (Wildman–Crippen MR) is 168 cm³/mol. The number of rotatable bonds is 0. The largest absolute Gasteiger partial charge is 0.363 e. The van der Waals surface area contributed by atoms with E-state index >= 15 is 0 Å². The molecule has 5 aromatic carbocycles. The van der Waals surface area contributed by atoms with Gasteiger partial charge in [0.1, 0.15) is 0 Å². The van der Waals surface area contributed by atoms with Crippen molar-refractivity contribution in [3.63, 3.8) is 0 Å². The van der Waals surface area contributed by atoms with Crippen LogP contribution in [0.5, 0.6) is 0 Å². The molecular weight excluding hydrogens is 493 g/mol. The average molecular weight is 521 g/mol. The van der Waals surface area contributed by atoms with Crippen molar-refractivity contribution >= 4 is 70.5 Å². The van der Waals surface area contributed by atoms with E-state index in [1.54, 1.807) is 0 Å². The molecule has 182 valence electrons. The van der Waals surface area contributed by atoms with Crippen LogP contribution in [0.4, 0.5) is 0 Å². The highest BCUT2D eigenvalue weighted by Gasteiger charge is 2.43. The van der Waals surface area contributed by atoms with Crippen LogP contribution < -0.4 is 10.4 Å². The first-order chi connectivity index (χ1) is 18.4. The number of nitrogens with zero attached hydrogens (tertiary/aromatic N) is 2.